The first-order chi connectivity index (χ1) is 8.68. The maximum atomic E-state index is 11.9. The topological polar surface area (TPSA) is 81.9 Å². The molecule has 0 aromatic carbocycles. The van der Waals surface area contributed by atoms with Crippen LogP contribution in [0.4, 0.5) is 9.59 Å². The summed E-state index contributed by atoms with van der Waals surface area (Å²) in [6.07, 6.45) is 4.09. The van der Waals surface area contributed by atoms with Gasteiger partial charge in [-0.2, -0.15) is 0 Å². The summed E-state index contributed by atoms with van der Waals surface area (Å²) in [6.45, 7) is 1.14. The number of nitrogens with zero attached hydrogens (tertiary/aromatic N) is 1. The average Bonchev–Trinajstić information content (AvgIpc) is 2.54. The summed E-state index contributed by atoms with van der Waals surface area (Å²) in [5.41, 5.74) is 5.08. The van der Waals surface area contributed by atoms with E-state index in [1.165, 1.54) is 0 Å². The summed E-state index contributed by atoms with van der Waals surface area (Å²) in [7, 11) is 0. The zero-order valence-electron chi connectivity index (χ0n) is 10.5. The fraction of sp³-hybridized carbons (Fsp3) is 0.833. The SMILES string of the molecule is NC(=O)O[C@@H]1CCCC[C@H]1N1CCCCOC1=O. The van der Waals surface area contributed by atoms with Gasteiger partial charge in [0.15, 0.2) is 0 Å². The Morgan fingerprint density at radius 1 is 1.28 bits per heavy atom. The smallest absolute Gasteiger partial charge is 0.410 e. The van der Waals surface area contributed by atoms with Gasteiger partial charge in [0.2, 0.25) is 0 Å². The van der Waals surface area contributed by atoms with Crippen LogP contribution in [0.5, 0.6) is 0 Å². The molecule has 18 heavy (non-hydrogen) atoms. The number of cyclic esters (lactones) is 1. The Morgan fingerprint density at radius 2 is 2.06 bits per heavy atom. The van der Waals surface area contributed by atoms with Crippen molar-refractivity contribution in [1.82, 2.24) is 4.90 Å². The first-order valence-electron chi connectivity index (χ1n) is 6.58. The number of amides is 2. The van der Waals surface area contributed by atoms with Gasteiger partial charge in [-0.1, -0.05) is 6.42 Å². The van der Waals surface area contributed by atoms with E-state index >= 15 is 0 Å². The molecular formula is C12H20N2O4. The molecule has 0 aromatic rings. The van der Waals surface area contributed by atoms with Crippen LogP contribution in [0.1, 0.15) is 38.5 Å². The van der Waals surface area contributed by atoms with Gasteiger partial charge in [0.25, 0.3) is 0 Å². The summed E-state index contributed by atoms with van der Waals surface area (Å²) >= 11 is 0. The molecule has 2 amide bonds. The molecule has 6 heteroatoms. The highest BCUT2D eigenvalue weighted by atomic mass is 16.6. The quantitative estimate of drug-likeness (QED) is 0.814. The molecule has 2 fully saturated rings. The predicted molar refractivity (Wildman–Crippen MR) is 64.0 cm³/mol. The average molecular weight is 256 g/mol. The fourth-order valence-corrected chi connectivity index (χ4v) is 2.74. The van der Waals surface area contributed by atoms with E-state index in [0.717, 1.165) is 38.5 Å². The molecule has 2 rings (SSSR count). The number of hydrogen-bond acceptors (Lipinski definition) is 4. The minimum atomic E-state index is -0.768. The number of primary amides is 1. The van der Waals surface area contributed by atoms with E-state index in [1.807, 2.05) is 0 Å². The van der Waals surface area contributed by atoms with Crippen molar-refractivity contribution >= 4 is 12.2 Å². The van der Waals surface area contributed by atoms with Gasteiger partial charge in [0.05, 0.1) is 12.6 Å². The molecule has 2 atom stereocenters. The van der Waals surface area contributed by atoms with Crippen molar-refractivity contribution in [1.29, 1.82) is 0 Å². The fourth-order valence-electron chi connectivity index (χ4n) is 2.74. The summed E-state index contributed by atoms with van der Waals surface area (Å²) in [5, 5.41) is 0. The zero-order valence-corrected chi connectivity index (χ0v) is 10.5. The molecule has 2 N–H and O–H groups in total. The van der Waals surface area contributed by atoms with Crippen LogP contribution in [-0.4, -0.2) is 42.4 Å². The maximum absolute atomic E-state index is 11.9. The molecule has 1 heterocycles. The van der Waals surface area contributed by atoms with Crippen molar-refractivity contribution in [2.75, 3.05) is 13.2 Å². The van der Waals surface area contributed by atoms with Crippen molar-refractivity contribution in [3.8, 4) is 0 Å². The van der Waals surface area contributed by atoms with Gasteiger partial charge in [-0.3, -0.25) is 0 Å². The van der Waals surface area contributed by atoms with Crippen molar-refractivity contribution in [2.24, 2.45) is 5.73 Å². The van der Waals surface area contributed by atoms with Crippen LogP contribution in [0.15, 0.2) is 0 Å². The van der Waals surface area contributed by atoms with Gasteiger partial charge in [-0.15, -0.1) is 0 Å². The lowest BCUT2D eigenvalue weighted by atomic mass is 9.91. The molecule has 102 valence electrons. The molecule has 6 nitrogen and oxygen atoms in total. The lowest BCUT2D eigenvalue weighted by molar-refractivity contribution is 0.00846. The van der Waals surface area contributed by atoms with E-state index in [9.17, 15) is 9.59 Å². The largest absolute Gasteiger partial charge is 0.449 e. The van der Waals surface area contributed by atoms with Gasteiger partial charge in [0, 0.05) is 6.54 Å². The second-order valence-corrected chi connectivity index (χ2v) is 4.84. The molecular weight excluding hydrogens is 236 g/mol. The van der Waals surface area contributed by atoms with Crippen molar-refractivity contribution in [3.05, 3.63) is 0 Å². The summed E-state index contributed by atoms with van der Waals surface area (Å²) in [5.74, 6) is 0. The summed E-state index contributed by atoms with van der Waals surface area (Å²) < 4.78 is 10.3. The van der Waals surface area contributed by atoms with Crippen LogP contribution < -0.4 is 5.73 Å². The van der Waals surface area contributed by atoms with Gasteiger partial charge in [-0.05, 0) is 32.1 Å². The Hall–Kier alpha value is -1.46. The minimum Gasteiger partial charge on any atom is -0.449 e. The number of carbonyl (C=O) groups excluding carboxylic acids is 2. The first kappa shape index (κ1) is 13.0. The van der Waals surface area contributed by atoms with E-state index in [0.29, 0.717) is 13.2 Å². The standard InChI is InChI=1S/C12H20N2O4/c13-11(15)18-10-6-2-1-5-9(10)14-7-3-4-8-17-12(14)16/h9-10H,1-8H2,(H2,13,15)/t9-,10-/m1/s1. The second kappa shape index (κ2) is 5.93. The van der Waals surface area contributed by atoms with Crippen LogP contribution in [-0.2, 0) is 9.47 Å². The van der Waals surface area contributed by atoms with Crippen LogP contribution in [0, 0.1) is 0 Å². The number of hydrogen-bond donors (Lipinski definition) is 1. The van der Waals surface area contributed by atoms with Gasteiger partial charge in [0.1, 0.15) is 6.10 Å². The van der Waals surface area contributed by atoms with E-state index < -0.39 is 6.09 Å². The summed E-state index contributed by atoms with van der Waals surface area (Å²) in [4.78, 5) is 24.5. The molecule has 2 aliphatic rings. The Bertz CT molecular complexity index is 321. The molecule has 0 aromatic heterocycles. The first-order valence-corrected chi connectivity index (χ1v) is 6.58. The van der Waals surface area contributed by atoms with E-state index in [-0.39, 0.29) is 18.2 Å². The number of nitrogens with two attached hydrogens (primary N) is 1. The lowest BCUT2D eigenvalue weighted by Gasteiger charge is -2.37. The highest BCUT2D eigenvalue weighted by molar-refractivity contribution is 5.69. The van der Waals surface area contributed by atoms with Crippen molar-refractivity contribution < 1.29 is 19.1 Å². The second-order valence-electron chi connectivity index (χ2n) is 4.84. The molecule has 1 aliphatic heterocycles. The highest BCUT2D eigenvalue weighted by Gasteiger charge is 2.36. The monoisotopic (exact) mass is 256 g/mol. The normalized spacial score (nSPS) is 29.3. The third-order valence-electron chi connectivity index (χ3n) is 3.59. The lowest BCUT2D eigenvalue weighted by Crippen LogP contribution is -2.50. The zero-order chi connectivity index (χ0) is 13.0. The predicted octanol–water partition coefficient (Wildman–Crippen LogP) is 1.63. The Kier molecular flexibility index (Phi) is 4.28. The summed E-state index contributed by atoms with van der Waals surface area (Å²) in [6, 6.07) is -0.0863. The van der Waals surface area contributed by atoms with Crippen molar-refractivity contribution in [3.63, 3.8) is 0 Å². The molecule has 1 aliphatic carbocycles. The number of carbonyl (C=O) groups is 2. The van der Waals surface area contributed by atoms with E-state index in [2.05, 4.69) is 0 Å². The van der Waals surface area contributed by atoms with E-state index in [4.69, 9.17) is 15.2 Å². The van der Waals surface area contributed by atoms with Crippen LogP contribution in [0.25, 0.3) is 0 Å². The Morgan fingerprint density at radius 3 is 2.83 bits per heavy atom. The third-order valence-corrected chi connectivity index (χ3v) is 3.59. The number of ether oxygens (including phenoxy) is 2. The third kappa shape index (κ3) is 3.05. The number of rotatable bonds is 2. The van der Waals surface area contributed by atoms with Crippen LogP contribution in [0.3, 0.4) is 0 Å². The van der Waals surface area contributed by atoms with Crippen LogP contribution in [0.2, 0.25) is 0 Å². The van der Waals surface area contributed by atoms with Gasteiger partial charge in [-0.25, -0.2) is 9.59 Å². The molecule has 0 spiro atoms. The molecule has 1 saturated carbocycles. The van der Waals surface area contributed by atoms with Gasteiger partial charge < -0.3 is 20.1 Å². The maximum Gasteiger partial charge on any atom is 0.410 e. The van der Waals surface area contributed by atoms with Crippen LogP contribution >= 0.6 is 0 Å². The van der Waals surface area contributed by atoms with Gasteiger partial charge >= 0.3 is 12.2 Å². The minimum absolute atomic E-state index is 0.0863. The molecule has 0 unspecified atom stereocenters. The Balaban J connectivity index is 2.06. The molecule has 0 radical (unpaired) electrons. The van der Waals surface area contributed by atoms with Crippen molar-refractivity contribution in [2.45, 2.75) is 50.7 Å². The molecule has 0 bridgehead atoms. The van der Waals surface area contributed by atoms with E-state index in [1.54, 1.807) is 4.90 Å². The Labute approximate surface area is 106 Å². The highest BCUT2D eigenvalue weighted by Crippen LogP contribution is 2.27. The molecule has 1 saturated heterocycles.